The van der Waals surface area contributed by atoms with Crippen molar-refractivity contribution in [2.75, 3.05) is 25.0 Å². The summed E-state index contributed by atoms with van der Waals surface area (Å²) in [4.78, 5) is 15.8. The molecule has 2 heterocycles. The highest BCUT2D eigenvalue weighted by molar-refractivity contribution is 7.92. The first-order valence-corrected chi connectivity index (χ1v) is 13.1. The second-order valence-corrected chi connectivity index (χ2v) is 10.3. The van der Waals surface area contributed by atoms with Crippen LogP contribution in [0.1, 0.15) is 22.6 Å². The van der Waals surface area contributed by atoms with Gasteiger partial charge in [-0.1, -0.05) is 17.7 Å². The largest absolute Gasteiger partial charge is 0.480 e. The molecule has 206 valence electrons. The molecule has 2 aromatic carbocycles. The summed E-state index contributed by atoms with van der Waals surface area (Å²) in [6.07, 6.45) is 0.301. The Balaban J connectivity index is 1.75. The Morgan fingerprint density at radius 2 is 1.92 bits per heavy atom. The van der Waals surface area contributed by atoms with Gasteiger partial charge in [0.1, 0.15) is 17.0 Å². The number of carbonyl (C=O) groups is 1. The van der Waals surface area contributed by atoms with Crippen LogP contribution in [0.25, 0.3) is 22.0 Å². The van der Waals surface area contributed by atoms with Crippen LogP contribution in [0.2, 0.25) is 5.02 Å². The van der Waals surface area contributed by atoms with E-state index in [1.165, 1.54) is 20.1 Å². The van der Waals surface area contributed by atoms with Gasteiger partial charge in [0.15, 0.2) is 16.5 Å². The van der Waals surface area contributed by atoms with Crippen molar-refractivity contribution in [2.24, 2.45) is 0 Å². The Morgan fingerprint density at radius 3 is 2.62 bits per heavy atom. The predicted octanol–water partition coefficient (Wildman–Crippen LogP) is 3.93. The number of carbonyl (C=O) groups excluding carboxylic acids is 1. The Bertz CT molecular complexity index is 1700. The monoisotopic (exact) mass is 583 g/mol. The van der Waals surface area contributed by atoms with Crippen molar-refractivity contribution >= 4 is 44.1 Å². The van der Waals surface area contributed by atoms with E-state index in [-0.39, 0.29) is 46.3 Å². The SMILES string of the molecule is COc1nc(C)c(Cl)cc1S(=O)(=O)Nc1ccc(F)c(-c2ccc3c(C(=O)NCCCO)[nH]nc3c2F)c1F. The van der Waals surface area contributed by atoms with Crippen LogP contribution < -0.4 is 14.8 Å². The number of amides is 1. The molecule has 0 saturated carbocycles. The average Bonchev–Trinajstić information content (AvgIpc) is 3.33. The maximum atomic E-state index is 15.6. The molecule has 0 bridgehead atoms. The topological polar surface area (TPSA) is 146 Å². The zero-order chi connectivity index (χ0) is 28.5. The molecule has 0 fully saturated rings. The van der Waals surface area contributed by atoms with Gasteiger partial charge in [0, 0.05) is 24.1 Å². The molecule has 0 aliphatic carbocycles. The lowest BCUT2D eigenvalue weighted by molar-refractivity contribution is 0.0947. The van der Waals surface area contributed by atoms with E-state index in [2.05, 4.69) is 20.5 Å². The van der Waals surface area contributed by atoms with Crippen LogP contribution in [0, 0.1) is 24.4 Å². The Kier molecular flexibility index (Phi) is 7.99. The van der Waals surface area contributed by atoms with Crippen molar-refractivity contribution in [3.63, 3.8) is 0 Å². The minimum atomic E-state index is -4.55. The van der Waals surface area contributed by atoms with Gasteiger partial charge >= 0.3 is 0 Å². The van der Waals surface area contributed by atoms with Crippen molar-refractivity contribution in [3.8, 4) is 17.0 Å². The molecule has 0 saturated heterocycles. The molecule has 10 nitrogen and oxygen atoms in total. The molecular formula is C24H21ClF3N5O5S. The molecule has 39 heavy (non-hydrogen) atoms. The predicted molar refractivity (Wildman–Crippen MR) is 137 cm³/mol. The number of aliphatic hydroxyl groups excluding tert-OH is 1. The number of nitrogens with one attached hydrogen (secondary N) is 3. The van der Waals surface area contributed by atoms with Crippen LogP contribution >= 0.6 is 11.6 Å². The number of sulfonamides is 1. The molecule has 4 aromatic rings. The van der Waals surface area contributed by atoms with Crippen molar-refractivity contribution in [1.29, 1.82) is 0 Å². The number of fused-ring (bicyclic) bond motifs is 1. The number of methoxy groups -OCH3 is 1. The van der Waals surface area contributed by atoms with Gasteiger partial charge in [-0.3, -0.25) is 14.6 Å². The van der Waals surface area contributed by atoms with E-state index in [4.69, 9.17) is 21.4 Å². The van der Waals surface area contributed by atoms with Crippen molar-refractivity contribution < 1.29 is 36.2 Å². The smallest absolute Gasteiger partial charge is 0.269 e. The van der Waals surface area contributed by atoms with Gasteiger partial charge in [-0.2, -0.15) is 5.10 Å². The molecule has 4 N–H and O–H groups in total. The van der Waals surface area contributed by atoms with E-state index in [1.807, 2.05) is 4.72 Å². The van der Waals surface area contributed by atoms with Gasteiger partial charge in [-0.05, 0) is 37.6 Å². The van der Waals surface area contributed by atoms with Crippen LogP contribution in [0.5, 0.6) is 5.88 Å². The molecule has 0 atom stereocenters. The molecular weight excluding hydrogens is 563 g/mol. The lowest BCUT2D eigenvalue weighted by atomic mass is 10.0. The minimum Gasteiger partial charge on any atom is -0.480 e. The summed E-state index contributed by atoms with van der Waals surface area (Å²) in [5, 5.41) is 17.6. The Hall–Kier alpha value is -3.88. The van der Waals surface area contributed by atoms with E-state index >= 15 is 8.78 Å². The lowest BCUT2D eigenvalue weighted by Crippen LogP contribution is -2.25. The highest BCUT2D eigenvalue weighted by atomic mass is 35.5. The summed E-state index contributed by atoms with van der Waals surface area (Å²) in [5.41, 5.74) is -2.27. The van der Waals surface area contributed by atoms with Gasteiger partial charge in [-0.25, -0.2) is 26.6 Å². The summed E-state index contributed by atoms with van der Waals surface area (Å²) in [6, 6.07) is 4.96. The Morgan fingerprint density at radius 1 is 1.18 bits per heavy atom. The van der Waals surface area contributed by atoms with Gasteiger partial charge in [0.2, 0.25) is 5.88 Å². The number of aromatic nitrogens is 3. The molecule has 0 spiro atoms. The van der Waals surface area contributed by atoms with Crippen LogP contribution in [-0.4, -0.2) is 54.9 Å². The van der Waals surface area contributed by atoms with Gasteiger partial charge < -0.3 is 15.2 Å². The number of aromatic amines is 1. The highest BCUT2D eigenvalue weighted by Crippen LogP contribution is 2.36. The maximum absolute atomic E-state index is 15.6. The zero-order valence-corrected chi connectivity index (χ0v) is 22.0. The number of ether oxygens (including phenoxy) is 1. The van der Waals surface area contributed by atoms with E-state index < -0.39 is 55.1 Å². The number of anilines is 1. The molecule has 2 aromatic heterocycles. The second-order valence-electron chi connectivity index (χ2n) is 8.21. The first-order valence-electron chi connectivity index (χ1n) is 11.3. The molecule has 0 radical (unpaired) electrons. The minimum absolute atomic E-state index is 0.00673. The number of rotatable bonds is 9. The van der Waals surface area contributed by atoms with Gasteiger partial charge in [0.25, 0.3) is 15.9 Å². The van der Waals surface area contributed by atoms with Crippen molar-refractivity contribution in [1.82, 2.24) is 20.5 Å². The number of hydrogen-bond acceptors (Lipinski definition) is 7. The van der Waals surface area contributed by atoms with E-state index in [1.54, 1.807) is 0 Å². The Labute approximate surface area is 225 Å². The summed E-state index contributed by atoms with van der Waals surface area (Å²) >= 11 is 6.01. The first kappa shape index (κ1) is 28.1. The van der Waals surface area contributed by atoms with E-state index in [9.17, 15) is 17.6 Å². The average molecular weight is 584 g/mol. The van der Waals surface area contributed by atoms with E-state index in [0.717, 1.165) is 24.3 Å². The molecule has 0 aliphatic heterocycles. The molecule has 1 amide bonds. The normalized spacial score (nSPS) is 11.6. The number of H-pyrrole nitrogens is 1. The molecule has 4 rings (SSSR count). The van der Waals surface area contributed by atoms with Crippen LogP contribution in [0.3, 0.4) is 0 Å². The fourth-order valence-corrected chi connectivity index (χ4v) is 5.15. The van der Waals surface area contributed by atoms with Gasteiger partial charge in [-0.15, -0.1) is 0 Å². The third-order valence-electron chi connectivity index (χ3n) is 5.68. The number of aliphatic hydroxyl groups is 1. The summed E-state index contributed by atoms with van der Waals surface area (Å²) in [6.45, 7) is 1.54. The molecule has 0 aliphatic rings. The quantitative estimate of drug-likeness (QED) is 0.218. The second kappa shape index (κ2) is 11.1. The number of halogens is 4. The third kappa shape index (κ3) is 5.35. The van der Waals surface area contributed by atoms with Crippen molar-refractivity contribution in [2.45, 2.75) is 18.2 Å². The number of aryl methyl sites for hydroxylation is 1. The number of nitrogens with zero attached hydrogens (tertiary/aromatic N) is 2. The van der Waals surface area contributed by atoms with Gasteiger partial charge in [0.05, 0.1) is 29.1 Å². The maximum Gasteiger partial charge on any atom is 0.269 e. The lowest BCUT2D eigenvalue weighted by Gasteiger charge is -2.15. The standard InChI is InChI=1S/C24H21ClF3N5O5S/c1-11-14(25)10-17(24(30-11)38-2)39(36,37)33-16-7-6-15(26)18(20(16)28)12-4-5-13-21(19(12)27)31-32-22(13)23(35)29-8-3-9-34/h4-7,10,33-34H,3,8-9H2,1-2H3,(H,29,35)(H,31,32). The number of hydrogen-bond donors (Lipinski definition) is 4. The highest BCUT2D eigenvalue weighted by Gasteiger charge is 2.27. The zero-order valence-electron chi connectivity index (χ0n) is 20.4. The summed E-state index contributed by atoms with van der Waals surface area (Å²) < 4.78 is 78.9. The summed E-state index contributed by atoms with van der Waals surface area (Å²) in [7, 11) is -3.36. The molecule has 15 heteroatoms. The fraction of sp³-hybridized carbons (Fsp3) is 0.208. The number of benzene rings is 2. The van der Waals surface area contributed by atoms with Crippen molar-refractivity contribution in [3.05, 3.63) is 64.2 Å². The first-order chi connectivity index (χ1) is 18.5. The molecule has 0 unspecified atom stereocenters. The van der Waals surface area contributed by atoms with Crippen LogP contribution in [0.4, 0.5) is 18.9 Å². The van der Waals surface area contributed by atoms with E-state index in [0.29, 0.717) is 6.42 Å². The van der Waals surface area contributed by atoms with Crippen LogP contribution in [-0.2, 0) is 10.0 Å². The third-order valence-corrected chi connectivity index (χ3v) is 7.43. The van der Waals surface area contributed by atoms with Crippen LogP contribution in [0.15, 0.2) is 35.2 Å². The fourth-order valence-electron chi connectivity index (χ4n) is 3.74. The number of pyridine rings is 1. The summed E-state index contributed by atoms with van der Waals surface area (Å²) in [5.74, 6) is -4.65.